The Labute approximate surface area is 118 Å². The summed E-state index contributed by atoms with van der Waals surface area (Å²) in [7, 11) is 0. The first-order chi connectivity index (χ1) is 9.46. The molecular weight excluding hydrogens is 264 g/mol. The smallest absolute Gasteiger partial charge is 0.265 e. The first-order valence-corrected chi connectivity index (χ1v) is 7.69. The molecule has 1 unspecified atom stereocenters. The molecule has 0 heterocycles. The number of hydrogen-bond donors (Lipinski definition) is 2. The highest BCUT2D eigenvalue weighted by molar-refractivity contribution is 5.76. The fourth-order valence-electron chi connectivity index (χ4n) is 5.22. The van der Waals surface area contributed by atoms with Crippen molar-refractivity contribution in [2.45, 2.75) is 57.5 Å². The number of halogens is 2. The van der Waals surface area contributed by atoms with Gasteiger partial charge in [-0.15, -0.1) is 0 Å². The largest absolute Gasteiger partial charge is 0.385 e. The van der Waals surface area contributed by atoms with Gasteiger partial charge < -0.3 is 10.4 Å². The van der Waals surface area contributed by atoms with Crippen LogP contribution in [-0.4, -0.2) is 30.1 Å². The average Bonchev–Trinajstić information content (AvgIpc) is 2.33. The van der Waals surface area contributed by atoms with Crippen molar-refractivity contribution < 1.29 is 18.7 Å². The third-order valence-electron chi connectivity index (χ3n) is 5.50. The summed E-state index contributed by atoms with van der Waals surface area (Å²) >= 11 is 0. The Balaban J connectivity index is 1.54. The van der Waals surface area contributed by atoms with Gasteiger partial charge in [0.2, 0.25) is 5.91 Å². The summed E-state index contributed by atoms with van der Waals surface area (Å²) in [5.74, 6) is 2.16. The van der Waals surface area contributed by atoms with Crippen LogP contribution in [0.3, 0.4) is 0 Å². The number of amides is 1. The molecule has 114 valence electrons. The minimum Gasteiger partial charge on any atom is -0.385 e. The van der Waals surface area contributed by atoms with Crippen LogP contribution >= 0.6 is 0 Å². The Hall–Kier alpha value is -0.710. The number of carbonyl (C=O) groups is 1. The van der Waals surface area contributed by atoms with Crippen molar-refractivity contribution in [3.8, 4) is 0 Å². The average molecular weight is 287 g/mol. The first kappa shape index (κ1) is 14.2. The molecule has 4 aliphatic rings. The second-order valence-electron chi connectivity index (χ2n) is 7.30. The van der Waals surface area contributed by atoms with Gasteiger partial charge in [0.15, 0.2) is 0 Å². The lowest BCUT2D eigenvalue weighted by molar-refractivity contribution is -0.130. The highest BCUT2D eigenvalue weighted by Gasteiger charge is 2.51. The van der Waals surface area contributed by atoms with E-state index >= 15 is 0 Å². The van der Waals surface area contributed by atoms with E-state index in [2.05, 4.69) is 5.32 Å². The molecule has 0 spiro atoms. The van der Waals surface area contributed by atoms with Gasteiger partial charge in [-0.3, -0.25) is 4.79 Å². The molecule has 20 heavy (non-hydrogen) atoms. The van der Waals surface area contributed by atoms with E-state index in [1.54, 1.807) is 0 Å². The van der Waals surface area contributed by atoms with Crippen LogP contribution in [-0.2, 0) is 4.79 Å². The summed E-state index contributed by atoms with van der Waals surface area (Å²) in [4.78, 5) is 12.0. The molecule has 4 fully saturated rings. The van der Waals surface area contributed by atoms with Gasteiger partial charge in [0.1, 0.15) is 6.10 Å². The maximum Gasteiger partial charge on any atom is 0.265 e. The van der Waals surface area contributed by atoms with Gasteiger partial charge in [-0.05, 0) is 61.7 Å². The Morgan fingerprint density at radius 1 is 1.15 bits per heavy atom. The lowest BCUT2D eigenvalue weighted by Gasteiger charge is -2.56. The van der Waals surface area contributed by atoms with Gasteiger partial charge in [0, 0.05) is 13.0 Å². The monoisotopic (exact) mass is 287 g/mol. The topological polar surface area (TPSA) is 49.3 Å². The lowest BCUT2D eigenvalue weighted by atomic mass is 9.49. The molecule has 0 saturated heterocycles. The van der Waals surface area contributed by atoms with Gasteiger partial charge in [-0.25, -0.2) is 8.78 Å². The molecule has 0 aromatic heterocycles. The molecule has 1 atom stereocenters. The van der Waals surface area contributed by atoms with Crippen LogP contribution in [0, 0.1) is 23.2 Å². The van der Waals surface area contributed by atoms with E-state index in [-0.39, 0.29) is 17.9 Å². The van der Waals surface area contributed by atoms with Crippen molar-refractivity contribution in [2.24, 2.45) is 23.2 Å². The molecule has 3 nitrogen and oxygen atoms in total. The Morgan fingerprint density at radius 3 is 2.10 bits per heavy atom. The molecule has 0 radical (unpaired) electrons. The van der Waals surface area contributed by atoms with Crippen molar-refractivity contribution in [1.29, 1.82) is 0 Å². The number of hydrogen-bond acceptors (Lipinski definition) is 2. The van der Waals surface area contributed by atoms with Crippen LogP contribution in [0.15, 0.2) is 0 Å². The van der Waals surface area contributed by atoms with Crippen LogP contribution < -0.4 is 5.32 Å². The van der Waals surface area contributed by atoms with Crippen LogP contribution in [0.25, 0.3) is 0 Å². The van der Waals surface area contributed by atoms with Gasteiger partial charge in [0.25, 0.3) is 6.43 Å². The van der Waals surface area contributed by atoms with Crippen molar-refractivity contribution in [3.63, 3.8) is 0 Å². The quantitative estimate of drug-likeness (QED) is 0.815. The van der Waals surface area contributed by atoms with E-state index in [1.807, 2.05) is 0 Å². The molecule has 4 aliphatic carbocycles. The standard InChI is InChI=1S/C15H23F2NO2/c16-14(17)12(19)8-18-13(20)7-15-4-9-1-10(5-15)3-11(2-9)6-15/h9-12,14,19H,1-8H2,(H,18,20). The summed E-state index contributed by atoms with van der Waals surface area (Å²) in [5.41, 5.74) is 0.120. The minimum absolute atomic E-state index is 0.120. The number of aliphatic hydroxyl groups is 1. The number of nitrogens with one attached hydrogen (secondary N) is 1. The summed E-state index contributed by atoms with van der Waals surface area (Å²) in [5, 5.41) is 11.5. The zero-order valence-electron chi connectivity index (χ0n) is 11.7. The highest BCUT2D eigenvalue weighted by Crippen LogP contribution is 2.61. The maximum absolute atomic E-state index is 12.2. The predicted octanol–water partition coefficient (Wildman–Crippen LogP) is 2.34. The SMILES string of the molecule is O=C(CC12CC3CC(CC(C3)C1)C2)NCC(O)C(F)F. The van der Waals surface area contributed by atoms with Gasteiger partial charge in [0.05, 0.1) is 0 Å². The van der Waals surface area contributed by atoms with Crippen molar-refractivity contribution in [3.05, 3.63) is 0 Å². The molecular formula is C15H23F2NO2. The molecule has 0 aromatic carbocycles. The molecule has 0 aliphatic heterocycles. The van der Waals surface area contributed by atoms with E-state index in [4.69, 9.17) is 5.11 Å². The predicted molar refractivity (Wildman–Crippen MR) is 70.2 cm³/mol. The second kappa shape index (κ2) is 5.24. The third kappa shape index (κ3) is 2.83. The van der Waals surface area contributed by atoms with Crippen molar-refractivity contribution in [2.75, 3.05) is 6.54 Å². The van der Waals surface area contributed by atoms with E-state index in [0.717, 1.165) is 37.0 Å². The maximum atomic E-state index is 12.2. The van der Waals surface area contributed by atoms with Gasteiger partial charge in [-0.1, -0.05) is 0 Å². The van der Waals surface area contributed by atoms with Crippen LogP contribution in [0.2, 0.25) is 0 Å². The second-order valence-corrected chi connectivity index (χ2v) is 7.30. The Morgan fingerprint density at radius 2 is 1.65 bits per heavy atom. The lowest BCUT2D eigenvalue weighted by Crippen LogP contribution is -2.48. The molecule has 4 saturated carbocycles. The fraction of sp³-hybridized carbons (Fsp3) is 0.933. The number of alkyl halides is 2. The van der Waals surface area contributed by atoms with Crippen LogP contribution in [0.5, 0.6) is 0 Å². The van der Waals surface area contributed by atoms with Crippen LogP contribution in [0.4, 0.5) is 8.78 Å². The minimum atomic E-state index is -2.80. The third-order valence-corrected chi connectivity index (χ3v) is 5.50. The summed E-state index contributed by atoms with van der Waals surface area (Å²) in [6.45, 7) is -0.344. The van der Waals surface area contributed by atoms with E-state index in [9.17, 15) is 13.6 Å². The number of aliphatic hydroxyl groups excluding tert-OH is 1. The van der Waals surface area contributed by atoms with Crippen LogP contribution in [0.1, 0.15) is 44.9 Å². The molecule has 4 rings (SSSR count). The summed E-state index contributed by atoms with van der Waals surface area (Å²) < 4.78 is 24.4. The van der Waals surface area contributed by atoms with Gasteiger partial charge >= 0.3 is 0 Å². The fourth-order valence-corrected chi connectivity index (χ4v) is 5.22. The zero-order valence-corrected chi connectivity index (χ0v) is 11.7. The Kier molecular flexibility index (Phi) is 3.73. The molecule has 2 N–H and O–H groups in total. The van der Waals surface area contributed by atoms with Crippen molar-refractivity contribution >= 4 is 5.91 Å². The molecule has 4 bridgehead atoms. The van der Waals surface area contributed by atoms with E-state index in [0.29, 0.717) is 6.42 Å². The van der Waals surface area contributed by atoms with Gasteiger partial charge in [-0.2, -0.15) is 0 Å². The van der Waals surface area contributed by atoms with E-state index < -0.39 is 12.5 Å². The molecule has 0 aromatic rings. The number of rotatable bonds is 5. The van der Waals surface area contributed by atoms with E-state index in [1.165, 1.54) is 19.3 Å². The first-order valence-electron chi connectivity index (χ1n) is 7.69. The normalized spacial score (nSPS) is 40.1. The molecule has 1 amide bonds. The Bertz CT molecular complexity index is 351. The summed E-state index contributed by atoms with van der Waals surface area (Å²) in [6.07, 6.45) is 3.26. The van der Waals surface area contributed by atoms with Crippen molar-refractivity contribution in [1.82, 2.24) is 5.32 Å². The zero-order chi connectivity index (χ0) is 14.3. The number of carbonyl (C=O) groups excluding carboxylic acids is 1. The molecule has 5 heteroatoms. The highest BCUT2D eigenvalue weighted by atomic mass is 19.3. The summed E-state index contributed by atoms with van der Waals surface area (Å²) in [6, 6.07) is 0.